The summed E-state index contributed by atoms with van der Waals surface area (Å²) in [6.07, 6.45) is 5.06. The van der Waals surface area contributed by atoms with Crippen molar-refractivity contribution in [2.45, 2.75) is 25.8 Å². The quantitative estimate of drug-likeness (QED) is 0.492. The molecule has 150 valence electrons. The summed E-state index contributed by atoms with van der Waals surface area (Å²) in [5, 5.41) is 13.4. The highest BCUT2D eigenvalue weighted by Gasteiger charge is 2.16. The topological polar surface area (TPSA) is 75.1 Å². The monoisotopic (exact) mass is 397 g/mol. The molecule has 0 saturated carbocycles. The van der Waals surface area contributed by atoms with E-state index in [9.17, 15) is 9.90 Å². The predicted molar refractivity (Wildman–Crippen MR) is 118 cm³/mol. The van der Waals surface area contributed by atoms with Crippen molar-refractivity contribution in [1.29, 1.82) is 0 Å². The van der Waals surface area contributed by atoms with Crippen LogP contribution in [-0.4, -0.2) is 27.0 Å². The van der Waals surface area contributed by atoms with E-state index >= 15 is 0 Å². The summed E-state index contributed by atoms with van der Waals surface area (Å²) in [5.74, 6) is 0.150. The lowest BCUT2D eigenvalue weighted by Gasteiger charge is -2.16. The number of phenols is 1. The van der Waals surface area contributed by atoms with Crippen LogP contribution >= 0.6 is 0 Å². The number of carbonyl (C=O) groups excluding carboxylic acids is 1. The fraction of sp³-hybridized carbons (Fsp3) is 0.160. The minimum atomic E-state index is -0.109. The summed E-state index contributed by atoms with van der Waals surface area (Å²) in [6, 6.07) is 20.5. The number of hydrogen-bond donors (Lipinski definition) is 2. The van der Waals surface area contributed by atoms with E-state index in [1.165, 1.54) is 0 Å². The number of para-hydroxylation sites is 1. The minimum Gasteiger partial charge on any atom is -0.508 e. The van der Waals surface area contributed by atoms with Gasteiger partial charge in [0.15, 0.2) is 0 Å². The van der Waals surface area contributed by atoms with Crippen molar-refractivity contribution in [1.82, 2.24) is 15.3 Å². The first-order valence-electron chi connectivity index (χ1n) is 9.99. The number of aromatic nitrogens is 2. The molecule has 0 bridgehead atoms. The van der Waals surface area contributed by atoms with Crippen molar-refractivity contribution in [3.05, 3.63) is 90.3 Å². The van der Waals surface area contributed by atoms with Crippen molar-refractivity contribution in [2.24, 2.45) is 0 Å². The molecule has 0 aliphatic heterocycles. The molecule has 5 heteroatoms. The highest BCUT2D eigenvalue weighted by atomic mass is 16.3. The molecule has 0 radical (unpaired) electrons. The van der Waals surface area contributed by atoms with Crippen LogP contribution in [0.2, 0.25) is 0 Å². The smallest absolute Gasteiger partial charge is 0.252 e. The molecule has 2 N–H and O–H groups in total. The summed E-state index contributed by atoms with van der Waals surface area (Å²) in [6.45, 7) is 2.01. The maximum atomic E-state index is 13.1. The van der Waals surface area contributed by atoms with Gasteiger partial charge in [0.2, 0.25) is 0 Å². The third-order valence-corrected chi connectivity index (χ3v) is 5.12. The molecule has 4 rings (SSSR count). The lowest BCUT2D eigenvalue weighted by atomic mass is 10.0. The number of benzene rings is 2. The molecule has 0 aliphatic carbocycles. The van der Waals surface area contributed by atoms with Gasteiger partial charge in [0.25, 0.3) is 5.91 Å². The third kappa shape index (κ3) is 4.46. The summed E-state index contributed by atoms with van der Waals surface area (Å²) in [7, 11) is 0. The number of phenolic OH excluding ortho intramolecular Hbond substituents is 1. The van der Waals surface area contributed by atoms with E-state index in [1.807, 2.05) is 61.5 Å². The minimum absolute atomic E-state index is 0.00241. The molecule has 1 amide bonds. The number of nitrogens with one attached hydrogen (secondary N) is 1. The van der Waals surface area contributed by atoms with E-state index in [4.69, 9.17) is 4.98 Å². The predicted octanol–water partition coefficient (Wildman–Crippen LogP) is 4.75. The van der Waals surface area contributed by atoms with Gasteiger partial charge in [0.1, 0.15) is 5.75 Å². The molecule has 5 nitrogen and oxygen atoms in total. The molecule has 0 spiro atoms. The van der Waals surface area contributed by atoms with E-state index in [0.29, 0.717) is 5.56 Å². The molecular weight excluding hydrogens is 374 g/mol. The zero-order chi connectivity index (χ0) is 20.9. The van der Waals surface area contributed by atoms with Gasteiger partial charge in [-0.3, -0.25) is 9.78 Å². The third-order valence-electron chi connectivity index (χ3n) is 5.12. The van der Waals surface area contributed by atoms with Crippen LogP contribution in [0.4, 0.5) is 0 Å². The molecule has 0 saturated heterocycles. The lowest BCUT2D eigenvalue weighted by Crippen LogP contribution is -2.33. The Kier molecular flexibility index (Phi) is 5.70. The molecular formula is C25H23N3O2. The number of fused-ring (bicyclic) bond motifs is 1. The molecule has 1 atom stereocenters. The molecule has 2 aromatic heterocycles. The van der Waals surface area contributed by atoms with E-state index in [1.54, 1.807) is 24.5 Å². The van der Waals surface area contributed by atoms with Crippen LogP contribution < -0.4 is 5.32 Å². The number of aryl methyl sites for hydroxylation is 1. The number of pyridine rings is 2. The summed E-state index contributed by atoms with van der Waals surface area (Å²) in [4.78, 5) is 21.9. The second-order valence-corrected chi connectivity index (χ2v) is 7.39. The van der Waals surface area contributed by atoms with Gasteiger partial charge in [-0.25, -0.2) is 4.98 Å². The van der Waals surface area contributed by atoms with Gasteiger partial charge in [0, 0.05) is 29.4 Å². The van der Waals surface area contributed by atoms with E-state index < -0.39 is 0 Å². The molecule has 0 aliphatic rings. The van der Waals surface area contributed by atoms with E-state index in [-0.39, 0.29) is 17.7 Å². The molecule has 2 heterocycles. The number of carbonyl (C=O) groups is 1. The number of nitrogens with zero attached hydrogens (tertiary/aromatic N) is 2. The summed E-state index contributed by atoms with van der Waals surface area (Å²) >= 11 is 0. The second kappa shape index (κ2) is 8.74. The second-order valence-electron chi connectivity index (χ2n) is 7.39. The molecule has 1 unspecified atom stereocenters. The van der Waals surface area contributed by atoms with Crippen LogP contribution in [0.15, 0.2) is 79.1 Å². The van der Waals surface area contributed by atoms with Crippen molar-refractivity contribution < 1.29 is 9.90 Å². The Labute approximate surface area is 175 Å². The van der Waals surface area contributed by atoms with Crippen LogP contribution in [0.3, 0.4) is 0 Å². The lowest BCUT2D eigenvalue weighted by molar-refractivity contribution is 0.0940. The standard InChI is InChI=1S/C25H23N3O2/c1-17(6-7-18-8-10-20(29)11-9-18)27-25(30)22-16-24(19-12-14-26-15-13-19)28-23-5-3-2-4-21(22)23/h2-5,8-17,29H,6-7H2,1H3,(H,27,30). The fourth-order valence-electron chi connectivity index (χ4n) is 3.45. The maximum Gasteiger partial charge on any atom is 0.252 e. The average molecular weight is 397 g/mol. The Bertz CT molecular complexity index is 1160. The molecule has 2 aromatic carbocycles. The van der Waals surface area contributed by atoms with Crippen LogP contribution in [0.1, 0.15) is 29.3 Å². The molecule has 4 aromatic rings. The summed E-state index contributed by atoms with van der Waals surface area (Å²) < 4.78 is 0. The maximum absolute atomic E-state index is 13.1. The van der Waals surface area contributed by atoms with Gasteiger partial charge in [-0.05, 0) is 61.7 Å². The van der Waals surface area contributed by atoms with Crippen LogP contribution in [0.5, 0.6) is 5.75 Å². The van der Waals surface area contributed by atoms with Crippen molar-refractivity contribution >= 4 is 16.8 Å². The van der Waals surface area contributed by atoms with Gasteiger partial charge in [-0.1, -0.05) is 30.3 Å². The number of amides is 1. The van der Waals surface area contributed by atoms with Crippen LogP contribution in [0.25, 0.3) is 22.2 Å². The van der Waals surface area contributed by atoms with Gasteiger partial charge in [0.05, 0.1) is 16.8 Å². The van der Waals surface area contributed by atoms with E-state index in [2.05, 4.69) is 10.3 Å². The average Bonchev–Trinajstić information content (AvgIpc) is 2.78. The Balaban J connectivity index is 1.55. The number of rotatable bonds is 6. The van der Waals surface area contributed by atoms with Crippen molar-refractivity contribution in [3.8, 4) is 17.0 Å². The molecule has 30 heavy (non-hydrogen) atoms. The van der Waals surface area contributed by atoms with Crippen molar-refractivity contribution in [2.75, 3.05) is 0 Å². The summed E-state index contributed by atoms with van der Waals surface area (Å²) in [5.41, 5.74) is 4.20. The zero-order valence-corrected chi connectivity index (χ0v) is 16.7. The van der Waals surface area contributed by atoms with Gasteiger partial charge >= 0.3 is 0 Å². The SMILES string of the molecule is CC(CCc1ccc(O)cc1)NC(=O)c1cc(-c2ccncc2)nc2ccccc12. The Hall–Kier alpha value is -3.73. The molecule has 0 fully saturated rings. The van der Waals surface area contributed by atoms with Gasteiger partial charge < -0.3 is 10.4 Å². The van der Waals surface area contributed by atoms with Gasteiger partial charge in [-0.15, -0.1) is 0 Å². The highest BCUT2D eigenvalue weighted by Crippen LogP contribution is 2.24. The largest absolute Gasteiger partial charge is 0.508 e. The van der Waals surface area contributed by atoms with E-state index in [0.717, 1.165) is 40.6 Å². The number of hydrogen-bond acceptors (Lipinski definition) is 4. The van der Waals surface area contributed by atoms with Crippen molar-refractivity contribution in [3.63, 3.8) is 0 Å². The first-order valence-corrected chi connectivity index (χ1v) is 9.99. The first kappa shape index (κ1) is 19.6. The number of aromatic hydroxyl groups is 1. The highest BCUT2D eigenvalue weighted by molar-refractivity contribution is 6.07. The Morgan fingerprint density at radius 1 is 1.03 bits per heavy atom. The Morgan fingerprint density at radius 2 is 1.77 bits per heavy atom. The van der Waals surface area contributed by atoms with Gasteiger partial charge in [-0.2, -0.15) is 0 Å². The first-order chi connectivity index (χ1) is 14.6. The fourth-order valence-corrected chi connectivity index (χ4v) is 3.45. The zero-order valence-electron chi connectivity index (χ0n) is 16.7. The van der Waals surface area contributed by atoms with Crippen LogP contribution in [-0.2, 0) is 6.42 Å². The Morgan fingerprint density at radius 3 is 2.53 bits per heavy atom. The van der Waals surface area contributed by atoms with Crippen LogP contribution in [0, 0.1) is 0 Å². The normalized spacial score (nSPS) is 11.9.